The van der Waals surface area contributed by atoms with Gasteiger partial charge >= 0.3 is 0 Å². The molecular weight excluding hydrogens is 262 g/mol. The van der Waals surface area contributed by atoms with Gasteiger partial charge in [-0.2, -0.15) is 0 Å². The molecule has 2 N–H and O–H groups in total. The molecule has 0 spiro atoms. The van der Waals surface area contributed by atoms with Crippen molar-refractivity contribution in [3.63, 3.8) is 0 Å². The van der Waals surface area contributed by atoms with Crippen LogP contribution in [0.1, 0.15) is 22.5 Å². The number of hydrogen-bond acceptors (Lipinski definition) is 2. The highest BCUT2D eigenvalue weighted by atomic mass is 16.1. The highest BCUT2D eigenvalue weighted by molar-refractivity contribution is 5.92. The molecule has 3 rings (SSSR count). The van der Waals surface area contributed by atoms with Gasteiger partial charge in [-0.3, -0.25) is 4.79 Å². The van der Waals surface area contributed by atoms with Crippen LogP contribution >= 0.6 is 0 Å². The Morgan fingerprint density at radius 3 is 2.86 bits per heavy atom. The molecule has 0 aliphatic carbocycles. The number of rotatable bonds is 5. The van der Waals surface area contributed by atoms with Gasteiger partial charge in [-0.1, -0.05) is 30.3 Å². The molecule has 4 heteroatoms. The van der Waals surface area contributed by atoms with E-state index in [2.05, 4.69) is 22.8 Å². The van der Waals surface area contributed by atoms with Gasteiger partial charge in [-0.25, -0.2) is 0 Å². The van der Waals surface area contributed by atoms with Crippen LogP contribution in [-0.4, -0.2) is 30.1 Å². The lowest BCUT2D eigenvalue weighted by molar-refractivity contribution is 0.0939. The van der Waals surface area contributed by atoms with E-state index in [1.54, 1.807) is 0 Å². The van der Waals surface area contributed by atoms with Gasteiger partial charge in [0.15, 0.2) is 0 Å². The molecule has 21 heavy (non-hydrogen) atoms. The fraction of sp³-hybridized carbons (Fsp3) is 0.353. The number of carbonyl (C=O) groups excluding carboxylic acids is 1. The molecule has 4 nitrogen and oxygen atoms in total. The van der Waals surface area contributed by atoms with Crippen LogP contribution in [0.4, 0.5) is 0 Å². The van der Waals surface area contributed by atoms with Gasteiger partial charge in [0.05, 0.1) is 0 Å². The first kappa shape index (κ1) is 13.9. The minimum absolute atomic E-state index is 0.0165. The van der Waals surface area contributed by atoms with Gasteiger partial charge < -0.3 is 15.2 Å². The molecule has 1 aliphatic heterocycles. The Bertz CT molecular complexity index is 585. The van der Waals surface area contributed by atoms with E-state index in [-0.39, 0.29) is 5.91 Å². The fourth-order valence-corrected chi connectivity index (χ4v) is 2.75. The van der Waals surface area contributed by atoms with E-state index in [1.807, 2.05) is 41.1 Å². The van der Waals surface area contributed by atoms with Crippen molar-refractivity contribution < 1.29 is 4.79 Å². The van der Waals surface area contributed by atoms with Crippen molar-refractivity contribution >= 4 is 5.91 Å². The minimum Gasteiger partial charge on any atom is -0.350 e. The Morgan fingerprint density at radius 1 is 1.24 bits per heavy atom. The number of carbonyl (C=O) groups is 1. The summed E-state index contributed by atoms with van der Waals surface area (Å²) < 4.78 is 2.00. The van der Waals surface area contributed by atoms with Crippen LogP contribution in [-0.2, 0) is 6.54 Å². The summed E-state index contributed by atoms with van der Waals surface area (Å²) >= 11 is 0. The van der Waals surface area contributed by atoms with Crippen LogP contribution in [0, 0.1) is 5.92 Å². The maximum absolute atomic E-state index is 12.3. The molecule has 1 amide bonds. The molecule has 1 aromatic heterocycles. The first-order valence-corrected chi connectivity index (χ1v) is 7.51. The second kappa shape index (κ2) is 6.59. The number of benzene rings is 1. The molecule has 1 fully saturated rings. The summed E-state index contributed by atoms with van der Waals surface area (Å²) in [6.07, 6.45) is 3.10. The van der Waals surface area contributed by atoms with Crippen LogP contribution in [0.3, 0.4) is 0 Å². The summed E-state index contributed by atoms with van der Waals surface area (Å²) in [6, 6.07) is 14.0. The number of hydrogen-bond donors (Lipinski definition) is 2. The first-order valence-electron chi connectivity index (χ1n) is 7.51. The quantitative estimate of drug-likeness (QED) is 0.880. The second-order valence-corrected chi connectivity index (χ2v) is 5.58. The molecule has 1 unspecified atom stereocenters. The average Bonchev–Trinajstić information content (AvgIpc) is 3.17. The Morgan fingerprint density at radius 2 is 2.10 bits per heavy atom. The Labute approximate surface area is 125 Å². The monoisotopic (exact) mass is 283 g/mol. The second-order valence-electron chi connectivity index (χ2n) is 5.58. The van der Waals surface area contributed by atoms with Gasteiger partial charge in [0, 0.05) is 19.3 Å². The molecule has 110 valence electrons. The number of amides is 1. The number of nitrogens with one attached hydrogen (secondary N) is 2. The van der Waals surface area contributed by atoms with Gasteiger partial charge in [-0.15, -0.1) is 0 Å². The predicted molar refractivity (Wildman–Crippen MR) is 83.3 cm³/mol. The van der Waals surface area contributed by atoms with Crippen LogP contribution in [0.25, 0.3) is 0 Å². The van der Waals surface area contributed by atoms with E-state index in [0.29, 0.717) is 5.92 Å². The maximum atomic E-state index is 12.3. The van der Waals surface area contributed by atoms with E-state index < -0.39 is 0 Å². The molecule has 0 radical (unpaired) electrons. The van der Waals surface area contributed by atoms with Crippen LogP contribution in [0.2, 0.25) is 0 Å². The van der Waals surface area contributed by atoms with Gasteiger partial charge in [0.2, 0.25) is 0 Å². The van der Waals surface area contributed by atoms with Crippen LogP contribution in [0.5, 0.6) is 0 Å². The van der Waals surface area contributed by atoms with Crippen molar-refractivity contribution in [2.24, 2.45) is 5.92 Å². The van der Waals surface area contributed by atoms with Crippen LogP contribution < -0.4 is 10.6 Å². The van der Waals surface area contributed by atoms with Crippen molar-refractivity contribution in [3.8, 4) is 0 Å². The van der Waals surface area contributed by atoms with E-state index in [0.717, 1.165) is 38.3 Å². The molecule has 1 saturated heterocycles. The summed E-state index contributed by atoms with van der Waals surface area (Å²) in [5.41, 5.74) is 1.92. The van der Waals surface area contributed by atoms with Gasteiger partial charge in [0.25, 0.3) is 5.91 Å². The first-order chi connectivity index (χ1) is 10.3. The van der Waals surface area contributed by atoms with E-state index in [1.165, 1.54) is 5.56 Å². The summed E-state index contributed by atoms with van der Waals surface area (Å²) in [4.78, 5) is 12.3. The minimum atomic E-state index is 0.0165. The summed E-state index contributed by atoms with van der Waals surface area (Å²) in [7, 11) is 0. The van der Waals surface area contributed by atoms with Crippen molar-refractivity contribution in [1.82, 2.24) is 15.2 Å². The average molecular weight is 283 g/mol. The third-order valence-corrected chi connectivity index (χ3v) is 3.97. The molecule has 0 bridgehead atoms. The third-order valence-electron chi connectivity index (χ3n) is 3.97. The Balaban J connectivity index is 1.62. The standard InChI is InChI=1S/C17H21N3O/c21-17(19-12-15-8-9-18-11-15)16-7-4-10-20(16)13-14-5-2-1-3-6-14/h1-7,10,15,18H,8-9,11-13H2,(H,19,21). The van der Waals surface area contributed by atoms with Crippen molar-refractivity contribution in [2.45, 2.75) is 13.0 Å². The SMILES string of the molecule is O=C(NCC1CCNC1)c1cccn1Cc1ccccc1. The van der Waals surface area contributed by atoms with E-state index in [4.69, 9.17) is 0 Å². The zero-order chi connectivity index (χ0) is 14.5. The summed E-state index contributed by atoms with van der Waals surface area (Å²) in [6.45, 7) is 3.54. The summed E-state index contributed by atoms with van der Waals surface area (Å²) in [5, 5.41) is 6.37. The van der Waals surface area contributed by atoms with Crippen molar-refractivity contribution in [2.75, 3.05) is 19.6 Å². The highest BCUT2D eigenvalue weighted by Gasteiger charge is 2.17. The van der Waals surface area contributed by atoms with E-state index in [9.17, 15) is 4.79 Å². The van der Waals surface area contributed by atoms with Crippen molar-refractivity contribution in [3.05, 3.63) is 59.9 Å². The Kier molecular flexibility index (Phi) is 4.36. The number of aromatic nitrogens is 1. The molecule has 1 aromatic carbocycles. The molecule has 2 aromatic rings. The lowest BCUT2D eigenvalue weighted by Crippen LogP contribution is -2.31. The molecule has 0 saturated carbocycles. The van der Waals surface area contributed by atoms with E-state index >= 15 is 0 Å². The topological polar surface area (TPSA) is 46.1 Å². The molecule has 1 aliphatic rings. The lowest BCUT2D eigenvalue weighted by Gasteiger charge is -2.12. The fourth-order valence-electron chi connectivity index (χ4n) is 2.75. The lowest BCUT2D eigenvalue weighted by atomic mass is 10.1. The van der Waals surface area contributed by atoms with Gasteiger partial charge in [-0.05, 0) is 43.1 Å². The maximum Gasteiger partial charge on any atom is 0.267 e. The van der Waals surface area contributed by atoms with Crippen LogP contribution in [0.15, 0.2) is 48.7 Å². The highest BCUT2D eigenvalue weighted by Crippen LogP contribution is 2.09. The Hall–Kier alpha value is -2.07. The molecular formula is C17H21N3O. The zero-order valence-electron chi connectivity index (χ0n) is 12.1. The van der Waals surface area contributed by atoms with Gasteiger partial charge in [0.1, 0.15) is 5.69 Å². The predicted octanol–water partition coefficient (Wildman–Crippen LogP) is 1.88. The largest absolute Gasteiger partial charge is 0.350 e. The normalized spacial score (nSPS) is 17.8. The zero-order valence-corrected chi connectivity index (χ0v) is 12.1. The molecule has 1 atom stereocenters. The number of nitrogens with zero attached hydrogens (tertiary/aromatic N) is 1. The molecule has 2 heterocycles. The van der Waals surface area contributed by atoms with Crippen molar-refractivity contribution in [1.29, 1.82) is 0 Å². The smallest absolute Gasteiger partial charge is 0.267 e. The summed E-state index contributed by atoms with van der Waals surface area (Å²) in [5.74, 6) is 0.578. The third kappa shape index (κ3) is 3.52.